The standard InChI is InChI=1S/C7H8Cl6O3/c1-5(6(8,9)10,7(11,12)13)16-4(14)3-15-2/h3H2,1-2H3. The van der Waals surface area contributed by atoms with Crippen LogP contribution in [0.2, 0.25) is 0 Å². The van der Waals surface area contributed by atoms with Crippen molar-refractivity contribution < 1.29 is 14.3 Å². The summed E-state index contributed by atoms with van der Waals surface area (Å²) in [5, 5.41) is 0. The number of methoxy groups -OCH3 is 1. The SMILES string of the molecule is COCC(=O)OC(C)(C(Cl)(Cl)Cl)C(Cl)(Cl)Cl. The quantitative estimate of drug-likeness (QED) is 0.574. The van der Waals surface area contributed by atoms with Crippen molar-refractivity contribution in [1.29, 1.82) is 0 Å². The van der Waals surface area contributed by atoms with Gasteiger partial charge in [-0.15, -0.1) is 0 Å². The highest BCUT2D eigenvalue weighted by molar-refractivity contribution is 6.73. The summed E-state index contributed by atoms with van der Waals surface area (Å²) >= 11 is 33.8. The van der Waals surface area contributed by atoms with Crippen molar-refractivity contribution in [3.63, 3.8) is 0 Å². The molecule has 0 rings (SSSR count). The lowest BCUT2D eigenvalue weighted by atomic mass is 10.1. The normalized spacial score (nSPS) is 13.8. The molecule has 0 radical (unpaired) electrons. The Hall–Kier alpha value is 1.17. The summed E-state index contributed by atoms with van der Waals surface area (Å²) < 4.78 is 5.17. The fourth-order valence-corrected chi connectivity index (χ4v) is 2.17. The monoisotopic (exact) mass is 350 g/mol. The Morgan fingerprint density at radius 2 is 1.44 bits per heavy atom. The number of carbonyl (C=O) groups is 1. The van der Waals surface area contributed by atoms with E-state index in [0.717, 1.165) is 0 Å². The summed E-state index contributed by atoms with van der Waals surface area (Å²) in [6, 6.07) is 0. The molecule has 0 bridgehead atoms. The lowest BCUT2D eigenvalue weighted by Gasteiger charge is -2.40. The Balaban J connectivity index is 5.06. The molecule has 0 aromatic heterocycles. The first-order valence-corrected chi connectivity index (χ1v) is 6.06. The maximum Gasteiger partial charge on any atom is 0.332 e. The number of hydrogen-bond donors (Lipinski definition) is 0. The molecule has 16 heavy (non-hydrogen) atoms. The van der Waals surface area contributed by atoms with Crippen molar-refractivity contribution >= 4 is 75.6 Å². The van der Waals surface area contributed by atoms with Crippen LogP contribution in [0, 0.1) is 0 Å². The maximum atomic E-state index is 11.3. The van der Waals surface area contributed by atoms with Gasteiger partial charge in [0.2, 0.25) is 13.2 Å². The van der Waals surface area contributed by atoms with E-state index in [0.29, 0.717) is 0 Å². The molecule has 0 spiro atoms. The van der Waals surface area contributed by atoms with Crippen LogP contribution in [0.1, 0.15) is 6.92 Å². The van der Waals surface area contributed by atoms with E-state index < -0.39 is 19.2 Å². The molecular formula is C7H8Cl6O3. The highest BCUT2D eigenvalue weighted by atomic mass is 35.6. The molecule has 96 valence electrons. The molecule has 0 atom stereocenters. The first-order chi connectivity index (χ1) is 6.95. The highest BCUT2D eigenvalue weighted by Crippen LogP contribution is 2.53. The van der Waals surface area contributed by atoms with Crippen LogP contribution < -0.4 is 0 Å². The predicted octanol–water partition coefficient (Wildman–Crippen LogP) is 3.68. The second-order valence-corrected chi connectivity index (χ2v) is 7.50. The lowest BCUT2D eigenvalue weighted by molar-refractivity contribution is -0.161. The largest absolute Gasteiger partial charge is 0.448 e. The Labute approximate surface area is 123 Å². The van der Waals surface area contributed by atoms with Crippen molar-refractivity contribution in [2.75, 3.05) is 13.7 Å². The average Bonchev–Trinajstić information content (AvgIpc) is 1.99. The van der Waals surface area contributed by atoms with Gasteiger partial charge in [-0.05, 0) is 6.92 Å². The van der Waals surface area contributed by atoms with Crippen LogP contribution in [0.5, 0.6) is 0 Å². The van der Waals surface area contributed by atoms with Gasteiger partial charge in [-0.2, -0.15) is 0 Å². The van der Waals surface area contributed by atoms with Gasteiger partial charge in [0, 0.05) is 7.11 Å². The van der Waals surface area contributed by atoms with Gasteiger partial charge in [-0.25, -0.2) is 4.79 Å². The van der Waals surface area contributed by atoms with Gasteiger partial charge in [-0.3, -0.25) is 0 Å². The zero-order valence-corrected chi connectivity index (χ0v) is 12.7. The molecule has 0 saturated heterocycles. The van der Waals surface area contributed by atoms with E-state index in [9.17, 15) is 4.79 Å². The summed E-state index contributed by atoms with van der Waals surface area (Å²) in [4.78, 5) is 11.3. The minimum Gasteiger partial charge on any atom is -0.448 e. The van der Waals surface area contributed by atoms with Gasteiger partial charge in [0.1, 0.15) is 6.61 Å². The average molecular weight is 353 g/mol. The summed E-state index contributed by atoms with van der Waals surface area (Å²) in [5.41, 5.74) is -1.94. The molecule has 0 unspecified atom stereocenters. The molecule has 0 heterocycles. The molecule has 0 amide bonds. The van der Waals surface area contributed by atoms with Gasteiger partial charge in [0.05, 0.1) is 0 Å². The number of esters is 1. The molecule has 9 heteroatoms. The lowest BCUT2D eigenvalue weighted by Crippen LogP contribution is -2.54. The van der Waals surface area contributed by atoms with E-state index in [4.69, 9.17) is 74.3 Å². The molecule has 0 saturated carbocycles. The van der Waals surface area contributed by atoms with Gasteiger partial charge in [0.15, 0.2) is 0 Å². The van der Waals surface area contributed by atoms with Crippen LogP contribution in [0.3, 0.4) is 0 Å². The second-order valence-electron chi connectivity index (χ2n) is 2.94. The van der Waals surface area contributed by atoms with Crippen molar-refractivity contribution in [3.8, 4) is 0 Å². The number of alkyl halides is 6. The molecule has 3 nitrogen and oxygen atoms in total. The van der Waals surface area contributed by atoms with Crippen LogP contribution in [0.4, 0.5) is 0 Å². The predicted molar refractivity (Wildman–Crippen MR) is 67.0 cm³/mol. The fourth-order valence-electron chi connectivity index (χ4n) is 0.651. The third-order valence-electron chi connectivity index (χ3n) is 1.66. The number of rotatable bonds is 3. The molecule has 0 aromatic carbocycles. The molecule has 0 aliphatic rings. The molecule has 0 aliphatic heterocycles. The Kier molecular flexibility index (Phi) is 6.30. The third-order valence-corrected chi connectivity index (χ3v) is 3.83. The molecule has 0 aliphatic carbocycles. The van der Waals surface area contributed by atoms with Crippen LogP contribution in [0.25, 0.3) is 0 Å². The minimum absolute atomic E-state index is 0.350. The van der Waals surface area contributed by atoms with Crippen LogP contribution in [-0.2, 0) is 14.3 Å². The topological polar surface area (TPSA) is 35.5 Å². The Bertz CT molecular complexity index is 242. The van der Waals surface area contributed by atoms with Crippen molar-refractivity contribution in [2.45, 2.75) is 20.1 Å². The Morgan fingerprint density at radius 1 is 1.06 bits per heavy atom. The maximum absolute atomic E-state index is 11.3. The number of hydrogen-bond acceptors (Lipinski definition) is 3. The number of halogens is 6. The molecular weight excluding hydrogens is 345 g/mol. The van der Waals surface area contributed by atoms with Gasteiger partial charge in [-0.1, -0.05) is 69.6 Å². The van der Waals surface area contributed by atoms with E-state index >= 15 is 0 Å². The first-order valence-electron chi connectivity index (χ1n) is 3.80. The minimum atomic E-state index is -2.11. The fraction of sp³-hybridized carbons (Fsp3) is 0.857. The van der Waals surface area contributed by atoms with Crippen LogP contribution in [0.15, 0.2) is 0 Å². The summed E-state index contributed by atoms with van der Waals surface area (Å²) in [6.45, 7) is 0.845. The molecule has 0 N–H and O–H groups in total. The van der Waals surface area contributed by atoms with Crippen molar-refractivity contribution in [2.24, 2.45) is 0 Å². The smallest absolute Gasteiger partial charge is 0.332 e. The van der Waals surface area contributed by atoms with Gasteiger partial charge >= 0.3 is 5.97 Å². The first kappa shape index (κ1) is 17.2. The van der Waals surface area contributed by atoms with Crippen LogP contribution >= 0.6 is 69.6 Å². The van der Waals surface area contributed by atoms with Crippen LogP contribution in [-0.4, -0.2) is 32.9 Å². The van der Waals surface area contributed by atoms with E-state index in [1.807, 2.05) is 0 Å². The zero-order chi connectivity index (χ0) is 13.2. The summed E-state index contributed by atoms with van der Waals surface area (Å²) in [5.74, 6) is -0.817. The van der Waals surface area contributed by atoms with E-state index in [1.54, 1.807) is 0 Å². The summed E-state index contributed by atoms with van der Waals surface area (Å²) in [7, 11) is 1.29. The van der Waals surface area contributed by atoms with E-state index in [-0.39, 0.29) is 6.61 Å². The highest BCUT2D eigenvalue weighted by Gasteiger charge is 2.61. The summed E-state index contributed by atoms with van der Waals surface area (Å²) in [6.07, 6.45) is 0. The van der Waals surface area contributed by atoms with Crippen molar-refractivity contribution in [1.82, 2.24) is 0 Å². The molecule has 0 aromatic rings. The van der Waals surface area contributed by atoms with Crippen molar-refractivity contribution in [3.05, 3.63) is 0 Å². The second kappa shape index (κ2) is 5.87. The number of carbonyl (C=O) groups excluding carboxylic acids is 1. The Morgan fingerprint density at radius 3 is 1.69 bits per heavy atom. The number of ether oxygens (including phenoxy) is 2. The molecule has 0 fully saturated rings. The van der Waals surface area contributed by atoms with E-state index in [2.05, 4.69) is 4.74 Å². The third kappa shape index (κ3) is 4.13. The van der Waals surface area contributed by atoms with Gasteiger partial charge < -0.3 is 9.47 Å². The zero-order valence-electron chi connectivity index (χ0n) is 8.20. The van der Waals surface area contributed by atoms with E-state index in [1.165, 1.54) is 14.0 Å². The van der Waals surface area contributed by atoms with Gasteiger partial charge in [0.25, 0.3) is 0 Å².